The Hall–Kier alpha value is -0.290. The van der Waals surface area contributed by atoms with Crippen LogP contribution in [0.3, 0.4) is 0 Å². The van der Waals surface area contributed by atoms with Gasteiger partial charge in [0.1, 0.15) is 5.88 Å². The van der Waals surface area contributed by atoms with Crippen molar-refractivity contribution in [3.63, 3.8) is 0 Å². The van der Waals surface area contributed by atoms with Crippen LogP contribution in [0.2, 0.25) is 0 Å². The molecule has 0 rings (SSSR count). The second-order valence-electron chi connectivity index (χ2n) is 1.29. The first-order chi connectivity index (χ1) is 3.95. The van der Waals surface area contributed by atoms with E-state index < -0.39 is 22.0 Å². The van der Waals surface area contributed by atoms with Gasteiger partial charge in [0, 0.05) is 0 Å². The van der Waals surface area contributed by atoms with Crippen LogP contribution in [0.15, 0.2) is 0 Å². The molecule has 0 aromatic heterocycles. The molecule has 6 heteroatoms. The highest BCUT2D eigenvalue weighted by Crippen LogP contribution is 1.89. The summed E-state index contributed by atoms with van der Waals surface area (Å²) in [5.74, 6) is -1.41. The summed E-state index contributed by atoms with van der Waals surface area (Å²) >= 11 is 4.92. The van der Waals surface area contributed by atoms with Crippen molar-refractivity contribution >= 4 is 27.7 Å². The molecule has 0 saturated carbocycles. The predicted octanol–water partition coefficient (Wildman–Crippen LogP) is -0.272. The predicted molar refractivity (Wildman–Crippen MR) is 31.7 cm³/mol. The third-order valence-electron chi connectivity index (χ3n) is 0.353. The Balaban J connectivity index is 3.91. The highest BCUT2D eigenvalue weighted by atomic mass is 35.5. The van der Waals surface area contributed by atoms with Crippen LogP contribution < -0.4 is 0 Å². The first-order valence-electron chi connectivity index (χ1n) is 1.94. The van der Waals surface area contributed by atoms with Crippen molar-refractivity contribution < 1.29 is 17.4 Å². The van der Waals surface area contributed by atoms with Gasteiger partial charge in [-0.15, -0.1) is 11.6 Å². The van der Waals surface area contributed by atoms with Crippen LogP contribution in [0.1, 0.15) is 0 Å². The summed E-state index contributed by atoms with van der Waals surface area (Å²) < 4.78 is 24.0. The lowest BCUT2D eigenvalue weighted by molar-refractivity contribution is -0.130. The smallest absolute Gasteiger partial charge is 0.336 e. The maximum absolute atomic E-state index is 10.1. The first-order valence-corrected chi connectivity index (χ1v) is 4.29. The highest BCUT2D eigenvalue weighted by molar-refractivity contribution is 7.86. The average molecular weight is 173 g/mol. The van der Waals surface area contributed by atoms with Crippen LogP contribution in [0, 0.1) is 0 Å². The summed E-state index contributed by atoms with van der Waals surface area (Å²) in [6.07, 6.45) is 0.775. The zero-order valence-corrected chi connectivity index (χ0v) is 6.20. The second kappa shape index (κ2) is 3.03. The van der Waals surface area contributed by atoms with E-state index in [2.05, 4.69) is 4.18 Å². The molecule has 0 heterocycles. The third-order valence-corrected chi connectivity index (χ3v) is 1.06. The SMILES string of the molecule is CS(=O)(=O)OC(=O)CCl. The third kappa shape index (κ3) is 5.58. The van der Waals surface area contributed by atoms with Gasteiger partial charge in [-0.2, -0.15) is 8.42 Å². The van der Waals surface area contributed by atoms with E-state index in [1.807, 2.05) is 0 Å². The molecule has 0 spiro atoms. The largest absolute Gasteiger partial charge is 0.345 e. The molecule has 0 saturated heterocycles. The Labute approximate surface area is 57.9 Å². The van der Waals surface area contributed by atoms with E-state index >= 15 is 0 Å². The van der Waals surface area contributed by atoms with E-state index in [4.69, 9.17) is 11.6 Å². The molecule has 9 heavy (non-hydrogen) atoms. The van der Waals surface area contributed by atoms with Crippen molar-refractivity contribution in [2.75, 3.05) is 12.1 Å². The van der Waals surface area contributed by atoms with Gasteiger partial charge in [0.25, 0.3) is 0 Å². The van der Waals surface area contributed by atoms with Crippen LogP contribution in [0.25, 0.3) is 0 Å². The number of carbonyl (C=O) groups excluding carboxylic acids is 1. The molecule has 0 bridgehead atoms. The molecule has 0 N–H and O–H groups in total. The second-order valence-corrected chi connectivity index (χ2v) is 3.14. The van der Waals surface area contributed by atoms with E-state index in [0.717, 1.165) is 6.26 Å². The van der Waals surface area contributed by atoms with Gasteiger partial charge in [-0.25, -0.2) is 4.79 Å². The maximum Gasteiger partial charge on any atom is 0.336 e. The van der Waals surface area contributed by atoms with Crippen molar-refractivity contribution in [3.05, 3.63) is 0 Å². The van der Waals surface area contributed by atoms with Crippen LogP contribution in [-0.4, -0.2) is 26.5 Å². The van der Waals surface area contributed by atoms with Crippen molar-refractivity contribution in [2.24, 2.45) is 0 Å². The van der Waals surface area contributed by atoms with Crippen molar-refractivity contribution in [1.82, 2.24) is 0 Å². The molecule has 0 aliphatic carbocycles. The zero-order valence-electron chi connectivity index (χ0n) is 4.63. The Kier molecular flexibility index (Phi) is 2.93. The molecule has 4 nitrogen and oxygen atoms in total. The minimum atomic E-state index is -3.67. The summed E-state index contributed by atoms with van der Waals surface area (Å²) in [4.78, 5) is 10.1. The zero-order chi connectivity index (χ0) is 7.49. The lowest BCUT2D eigenvalue weighted by Gasteiger charge is -1.94. The Bertz CT molecular complexity index is 194. The van der Waals surface area contributed by atoms with Crippen LogP contribution >= 0.6 is 11.6 Å². The molecular weight excluding hydrogens is 168 g/mol. The monoisotopic (exact) mass is 172 g/mol. The molecule has 0 radical (unpaired) electrons. The lowest BCUT2D eigenvalue weighted by atomic mass is 10.8. The van der Waals surface area contributed by atoms with Crippen molar-refractivity contribution in [3.8, 4) is 0 Å². The molecule has 54 valence electrons. The minimum Gasteiger partial charge on any atom is -0.345 e. The Morgan fingerprint density at radius 3 is 2.22 bits per heavy atom. The summed E-state index contributed by atoms with van der Waals surface area (Å²) in [6.45, 7) is 0. The van der Waals surface area contributed by atoms with Gasteiger partial charge in [-0.3, -0.25) is 0 Å². The summed E-state index contributed by atoms with van der Waals surface area (Å²) in [6, 6.07) is 0. The highest BCUT2D eigenvalue weighted by Gasteiger charge is 2.07. The van der Waals surface area contributed by atoms with E-state index in [9.17, 15) is 13.2 Å². The van der Waals surface area contributed by atoms with E-state index in [0.29, 0.717) is 0 Å². The Morgan fingerprint density at radius 1 is 1.67 bits per heavy atom. The molecule has 0 fully saturated rings. The molecule has 0 amide bonds. The van der Waals surface area contributed by atoms with Gasteiger partial charge in [0.15, 0.2) is 0 Å². The number of hydrogen-bond donors (Lipinski definition) is 0. The lowest BCUT2D eigenvalue weighted by Crippen LogP contribution is -2.11. The van der Waals surface area contributed by atoms with Crippen LogP contribution in [0.5, 0.6) is 0 Å². The normalized spacial score (nSPS) is 10.9. The fourth-order valence-corrected chi connectivity index (χ4v) is 0.707. The average Bonchev–Trinajstić information content (AvgIpc) is 1.62. The molecule has 0 unspecified atom stereocenters. The number of alkyl halides is 1. The van der Waals surface area contributed by atoms with Crippen LogP contribution in [-0.2, 0) is 19.1 Å². The van der Waals surface area contributed by atoms with Gasteiger partial charge >= 0.3 is 16.1 Å². The van der Waals surface area contributed by atoms with E-state index in [1.165, 1.54) is 0 Å². The fraction of sp³-hybridized carbons (Fsp3) is 0.667. The van der Waals surface area contributed by atoms with Crippen LogP contribution in [0.4, 0.5) is 0 Å². The topological polar surface area (TPSA) is 60.4 Å². The summed E-state index contributed by atoms with van der Waals surface area (Å²) in [7, 11) is -3.67. The molecular formula is C3H5ClO4S. The number of hydrogen-bond acceptors (Lipinski definition) is 4. The molecule has 0 aliphatic rings. The van der Waals surface area contributed by atoms with Crippen molar-refractivity contribution in [2.45, 2.75) is 0 Å². The van der Waals surface area contributed by atoms with E-state index in [-0.39, 0.29) is 0 Å². The number of halogens is 1. The Morgan fingerprint density at radius 2 is 2.11 bits per heavy atom. The van der Waals surface area contributed by atoms with Gasteiger partial charge in [0.05, 0.1) is 6.26 Å². The van der Waals surface area contributed by atoms with Crippen molar-refractivity contribution in [1.29, 1.82) is 0 Å². The van der Waals surface area contributed by atoms with E-state index in [1.54, 1.807) is 0 Å². The maximum atomic E-state index is 10.1. The summed E-state index contributed by atoms with van der Waals surface area (Å²) in [5.41, 5.74) is 0. The standard InChI is InChI=1S/C3H5ClO4S/c1-9(6,7)8-3(5)2-4/h2H2,1H3. The minimum absolute atomic E-state index is 0.451. The molecule has 0 aliphatic heterocycles. The van der Waals surface area contributed by atoms with Gasteiger partial charge in [-0.05, 0) is 0 Å². The summed E-state index contributed by atoms with van der Waals surface area (Å²) in [5, 5.41) is 0. The molecule has 0 aromatic rings. The fourth-order valence-electron chi connectivity index (χ4n) is 0.191. The number of rotatable bonds is 2. The van der Waals surface area contributed by atoms with Gasteiger partial charge < -0.3 is 4.18 Å². The van der Waals surface area contributed by atoms with Gasteiger partial charge in [0.2, 0.25) is 0 Å². The van der Waals surface area contributed by atoms with Gasteiger partial charge in [-0.1, -0.05) is 0 Å². The number of carbonyl (C=O) groups is 1. The molecule has 0 aromatic carbocycles. The first kappa shape index (κ1) is 8.71. The molecule has 0 atom stereocenters. The quantitative estimate of drug-likeness (QED) is 0.425.